The molecule has 0 spiro atoms. The molecule has 24 heavy (non-hydrogen) atoms. The molecular formula is C17H21N3O4. The second-order valence-corrected chi connectivity index (χ2v) is 5.14. The molecule has 0 aliphatic rings. The van der Waals surface area contributed by atoms with E-state index in [1.54, 1.807) is 24.4 Å². The number of benzene rings is 1. The first kappa shape index (κ1) is 17.4. The van der Waals surface area contributed by atoms with Crippen molar-refractivity contribution in [1.82, 2.24) is 4.98 Å². The molecule has 1 aromatic carbocycles. The SMILES string of the molecule is COc1ccc(C(=O)Nc2ccc(N(C)C)nc2)c(OC)c1OC. The van der Waals surface area contributed by atoms with Crippen LogP contribution in [0.15, 0.2) is 30.5 Å². The Morgan fingerprint density at radius 3 is 2.21 bits per heavy atom. The van der Waals surface area contributed by atoms with Crippen molar-refractivity contribution >= 4 is 17.4 Å². The molecule has 1 aromatic heterocycles. The molecule has 128 valence electrons. The number of nitrogens with zero attached hydrogens (tertiary/aromatic N) is 2. The number of methoxy groups -OCH3 is 3. The number of rotatable bonds is 6. The first-order valence-corrected chi connectivity index (χ1v) is 7.25. The lowest BCUT2D eigenvalue weighted by Gasteiger charge is -2.16. The highest BCUT2D eigenvalue weighted by Gasteiger charge is 2.20. The Bertz CT molecular complexity index is 715. The van der Waals surface area contributed by atoms with Gasteiger partial charge in [0.15, 0.2) is 11.5 Å². The molecule has 7 heteroatoms. The first-order chi connectivity index (χ1) is 11.5. The van der Waals surface area contributed by atoms with Crippen LogP contribution in [0.2, 0.25) is 0 Å². The predicted octanol–water partition coefficient (Wildman–Crippen LogP) is 2.43. The number of carbonyl (C=O) groups excluding carboxylic acids is 1. The molecular weight excluding hydrogens is 310 g/mol. The number of amides is 1. The minimum absolute atomic E-state index is 0.312. The molecule has 2 aromatic rings. The summed E-state index contributed by atoms with van der Waals surface area (Å²) < 4.78 is 15.8. The first-order valence-electron chi connectivity index (χ1n) is 7.25. The number of hydrogen-bond acceptors (Lipinski definition) is 6. The molecule has 2 rings (SSSR count). The van der Waals surface area contributed by atoms with E-state index < -0.39 is 0 Å². The highest BCUT2D eigenvalue weighted by molar-refractivity contribution is 6.07. The summed E-state index contributed by atoms with van der Waals surface area (Å²) in [7, 11) is 8.28. The van der Waals surface area contributed by atoms with Crippen LogP contribution in [-0.2, 0) is 0 Å². The normalized spacial score (nSPS) is 10.0. The topological polar surface area (TPSA) is 72.9 Å². The van der Waals surface area contributed by atoms with Crippen LogP contribution < -0.4 is 24.4 Å². The third-order valence-corrected chi connectivity index (χ3v) is 3.41. The van der Waals surface area contributed by atoms with Gasteiger partial charge in [-0.05, 0) is 24.3 Å². The van der Waals surface area contributed by atoms with Crippen molar-refractivity contribution in [1.29, 1.82) is 0 Å². The molecule has 0 fully saturated rings. The molecule has 0 saturated carbocycles. The van der Waals surface area contributed by atoms with Gasteiger partial charge in [0.2, 0.25) is 5.75 Å². The van der Waals surface area contributed by atoms with Crippen LogP contribution in [0.3, 0.4) is 0 Å². The smallest absolute Gasteiger partial charge is 0.259 e. The summed E-state index contributed by atoms with van der Waals surface area (Å²) >= 11 is 0. The van der Waals surface area contributed by atoms with Gasteiger partial charge in [-0.2, -0.15) is 0 Å². The Labute approximate surface area is 141 Å². The highest BCUT2D eigenvalue weighted by Crippen LogP contribution is 2.39. The zero-order valence-electron chi connectivity index (χ0n) is 14.4. The number of carbonyl (C=O) groups is 1. The average molecular weight is 331 g/mol. The van der Waals surface area contributed by atoms with Gasteiger partial charge in [0.1, 0.15) is 5.82 Å². The van der Waals surface area contributed by atoms with Gasteiger partial charge in [-0.3, -0.25) is 4.79 Å². The minimum Gasteiger partial charge on any atom is -0.493 e. The molecule has 0 atom stereocenters. The van der Waals surface area contributed by atoms with E-state index in [0.717, 1.165) is 5.82 Å². The fourth-order valence-electron chi connectivity index (χ4n) is 2.20. The minimum atomic E-state index is -0.327. The maximum absolute atomic E-state index is 12.6. The van der Waals surface area contributed by atoms with Gasteiger partial charge in [0.25, 0.3) is 5.91 Å². The Morgan fingerprint density at radius 2 is 1.71 bits per heavy atom. The van der Waals surface area contributed by atoms with Gasteiger partial charge < -0.3 is 24.4 Å². The molecule has 0 saturated heterocycles. The van der Waals surface area contributed by atoms with E-state index in [-0.39, 0.29) is 5.91 Å². The Balaban J connectivity index is 2.29. The Morgan fingerprint density at radius 1 is 1.00 bits per heavy atom. The zero-order chi connectivity index (χ0) is 17.7. The summed E-state index contributed by atoms with van der Waals surface area (Å²) in [6, 6.07) is 6.88. The maximum Gasteiger partial charge on any atom is 0.259 e. The third kappa shape index (κ3) is 3.51. The van der Waals surface area contributed by atoms with E-state index in [4.69, 9.17) is 14.2 Å². The third-order valence-electron chi connectivity index (χ3n) is 3.41. The fourth-order valence-corrected chi connectivity index (χ4v) is 2.20. The van der Waals surface area contributed by atoms with Crippen molar-refractivity contribution in [3.63, 3.8) is 0 Å². The van der Waals surface area contributed by atoms with Crippen LogP contribution in [0, 0.1) is 0 Å². The fraction of sp³-hybridized carbons (Fsp3) is 0.294. The molecule has 0 aliphatic carbocycles. The van der Waals surface area contributed by atoms with E-state index in [1.165, 1.54) is 21.3 Å². The molecule has 1 heterocycles. The molecule has 1 N–H and O–H groups in total. The summed E-state index contributed by atoms with van der Waals surface area (Å²) in [6.45, 7) is 0. The molecule has 7 nitrogen and oxygen atoms in total. The van der Waals surface area contributed by atoms with Crippen LogP contribution in [-0.4, -0.2) is 46.3 Å². The maximum atomic E-state index is 12.6. The lowest BCUT2D eigenvalue weighted by molar-refractivity contribution is 0.102. The van der Waals surface area contributed by atoms with Crippen LogP contribution >= 0.6 is 0 Å². The van der Waals surface area contributed by atoms with Gasteiger partial charge in [-0.1, -0.05) is 0 Å². The van der Waals surface area contributed by atoms with Gasteiger partial charge in [-0.15, -0.1) is 0 Å². The van der Waals surface area contributed by atoms with Crippen molar-refractivity contribution in [2.75, 3.05) is 45.6 Å². The Hall–Kier alpha value is -2.96. The van der Waals surface area contributed by atoms with Crippen molar-refractivity contribution in [3.8, 4) is 17.2 Å². The van der Waals surface area contributed by atoms with Crippen molar-refractivity contribution in [3.05, 3.63) is 36.0 Å². The van der Waals surface area contributed by atoms with Gasteiger partial charge in [0.05, 0.1) is 38.8 Å². The zero-order valence-corrected chi connectivity index (χ0v) is 14.4. The number of nitrogens with one attached hydrogen (secondary N) is 1. The standard InChI is InChI=1S/C17H21N3O4/c1-20(2)14-9-6-11(10-18-14)19-17(21)12-7-8-13(22-3)16(24-5)15(12)23-4/h6-10H,1-5H3,(H,19,21). The summed E-state index contributed by atoms with van der Waals surface area (Å²) in [5.41, 5.74) is 0.925. The van der Waals surface area contributed by atoms with Crippen molar-refractivity contribution in [2.45, 2.75) is 0 Å². The summed E-state index contributed by atoms with van der Waals surface area (Å²) in [5, 5.41) is 2.79. The van der Waals surface area contributed by atoms with Gasteiger partial charge >= 0.3 is 0 Å². The Kier molecular flexibility index (Phi) is 5.47. The molecule has 0 radical (unpaired) electrons. The second kappa shape index (κ2) is 7.54. The van der Waals surface area contributed by atoms with E-state index in [2.05, 4.69) is 10.3 Å². The molecule has 0 bridgehead atoms. The highest BCUT2D eigenvalue weighted by atomic mass is 16.5. The van der Waals surface area contributed by atoms with Gasteiger partial charge in [-0.25, -0.2) is 4.98 Å². The lowest BCUT2D eigenvalue weighted by Crippen LogP contribution is -2.15. The van der Waals surface area contributed by atoms with Crippen LogP contribution in [0.5, 0.6) is 17.2 Å². The number of hydrogen-bond donors (Lipinski definition) is 1. The molecule has 0 aliphatic heterocycles. The van der Waals surface area contributed by atoms with Crippen LogP contribution in [0.25, 0.3) is 0 Å². The number of ether oxygens (including phenoxy) is 3. The van der Waals surface area contributed by atoms with E-state index in [1.807, 2.05) is 25.1 Å². The monoisotopic (exact) mass is 331 g/mol. The van der Waals surface area contributed by atoms with Crippen molar-refractivity contribution in [2.24, 2.45) is 0 Å². The van der Waals surface area contributed by atoms with Crippen molar-refractivity contribution < 1.29 is 19.0 Å². The second-order valence-electron chi connectivity index (χ2n) is 5.14. The number of anilines is 2. The average Bonchev–Trinajstić information content (AvgIpc) is 2.60. The largest absolute Gasteiger partial charge is 0.493 e. The van der Waals surface area contributed by atoms with E-state index >= 15 is 0 Å². The quantitative estimate of drug-likeness (QED) is 0.876. The summed E-state index contributed by atoms with van der Waals surface area (Å²) in [5.74, 6) is 1.65. The van der Waals surface area contributed by atoms with Gasteiger partial charge in [0, 0.05) is 14.1 Å². The van der Waals surface area contributed by atoms with Crippen LogP contribution in [0.1, 0.15) is 10.4 Å². The molecule has 1 amide bonds. The summed E-state index contributed by atoms with van der Waals surface area (Å²) in [6.07, 6.45) is 1.60. The van der Waals surface area contributed by atoms with E-state index in [9.17, 15) is 4.79 Å². The lowest BCUT2D eigenvalue weighted by atomic mass is 10.1. The summed E-state index contributed by atoms with van der Waals surface area (Å²) in [4.78, 5) is 18.7. The van der Waals surface area contributed by atoms with Crippen LogP contribution in [0.4, 0.5) is 11.5 Å². The van der Waals surface area contributed by atoms with E-state index in [0.29, 0.717) is 28.5 Å². The number of aromatic nitrogens is 1. The number of pyridine rings is 1. The predicted molar refractivity (Wildman–Crippen MR) is 92.6 cm³/mol. The molecule has 0 unspecified atom stereocenters.